The second-order valence-electron chi connectivity index (χ2n) is 6.08. The molecule has 0 spiro atoms. The minimum Gasteiger partial charge on any atom is -0.493 e. The predicted molar refractivity (Wildman–Crippen MR) is 97.9 cm³/mol. The lowest BCUT2D eigenvalue weighted by atomic mass is 10.1. The van der Waals surface area contributed by atoms with Gasteiger partial charge in [0.25, 0.3) is 5.91 Å². The molecule has 0 atom stereocenters. The summed E-state index contributed by atoms with van der Waals surface area (Å²) in [4.78, 5) is 16.7. The number of amides is 1. The van der Waals surface area contributed by atoms with Gasteiger partial charge in [-0.15, -0.1) is 0 Å². The van der Waals surface area contributed by atoms with E-state index in [2.05, 4.69) is 24.3 Å². The summed E-state index contributed by atoms with van der Waals surface area (Å²) in [6, 6.07) is 5.67. The van der Waals surface area contributed by atoms with Gasteiger partial charge < -0.3 is 25.4 Å². The van der Waals surface area contributed by atoms with E-state index >= 15 is 0 Å². The first-order valence-corrected chi connectivity index (χ1v) is 8.38. The summed E-state index contributed by atoms with van der Waals surface area (Å²) in [5.74, 6) is 2.07. The summed E-state index contributed by atoms with van der Waals surface area (Å²) < 4.78 is 10.4. The molecule has 0 saturated carbocycles. The summed E-state index contributed by atoms with van der Waals surface area (Å²) in [5, 5.41) is 6.52. The first-order chi connectivity index (χ1) is 12.0. The van der Waals surface area contributed by atoms with Gasteiger partial charge in [0.15, 0.2) is 18.1 Å². The van der Waals surface area contributed by atoms with Crippen molar-refractivity contribution < 1.29 is 19.1 Å². The van der Waals surface area contributed by atoms with E-state index < -0.39 is 0 Å². The second kappa shape index (κ2) is 11.2. The van der Waals surface area contributed by atoms with Crippen LogP contribution in [0.25, 0.3) is 0 Å². The normalized spacial score (nSPS) is 11.3. The summed E-state index contributed by atoms with van der Waals surface area (Å²) >= 11 is 0. The monoisotopic (exact) mass is 351 g/mol. The molecule has 0 fully saturated rings. The Bertz CT molecular complexity index is 573. The maximum atomic E-state index is 11.7. The van der Waals surface area contributed by atoms with Crippen molar-refractivity contribution in [1.29, 1.82) is 0 Å². The number of nitrogens with zero attached hydrogens (tertiary/aromatic N) is 1. The van der Waals surface area contributed by atoms with E-state index in [4.69, 9.17) is 20.0 Å². The lowest BCUT2D eigenvalue weighted by Gasteiger charge is -2.10. The predicted octanol–water partition coefficient (Wildman–Crippen LogP) is 2.09. The van der Waals surface area contributed by atoms with Gasteiger partial charge in [-0.1, -0.05) is 25.1 Å². The highest BCUT2D eigenvalue weighted by Crippen LogP contribution is 2.27. The van der Waals surface area contributed by atoms with Crippen molar-refractivity contribution in [2.75, 3.05) is 27.4 Å². The van der Waals surface area contributed by atoms with Gasteiger partial charge in [0.1, 0.15) is 5.84 Å². The Kier molecular flexibility index (Phi) is 9.21. The average molecular weight is 351 g/mol. The second-order valence-corrected chi connectivity index (χ2v) is 6.08. The number of rotatable bonds is 11. The molecule has 0 aliphatic rings. The fraction of sp³-hybridized carbons (Fsp3) is 0.556. The molecule has 1 aromatic carbocycles. The van der Waals surface area contributed by atoms with Crippen LogP contribution in [0.3, 0.4) is 0 Å². The topological polar surface area (TPSA) is 95.2 Å². The standard InChI is InChI=1S/C18H29N3O4/c1-13(2)5-8-17(19)21-25-12-18(22)20-10-9-14-6-7-15(23-3)16(11-14)24-4/h6-7,11,13H,5,8-10,12H2,1-4H3,(H2,19,21)(H,20,22). The molecule has 7 heteroatoms. The number of benzene rings is 1. The van der Waals surface area contributed by atoms with Gasteiger partial charge in [-0.2, -0.15) is 0 Å². The molecule has 0 aliphatic carbocycles. The van der Waals surface area contributed by atoms with E-state index in [-0.39, 0.29) is 12.5 Å². The first kappa shape index (κ1) is 20.6. The largest absolute Gasteiger partial charge is 0.493 e. The molecule has 0 aromatic heterocycles. The molecule has 0 heterocycles. The smallest absolute Gasteiger partial charge is 0.260 e. The Morgan fingerprint density at radius 1 is 1.24 bits per heavy atom. The van der Waals surface area contributed by atoms with Crippen molar-refractivity contribution in [3.05, 3.63) is 23.8 Å². The number of nitrogens with two attached hydrogens (primary N) is 1. The van der Waals surface area contributed by atoms with E-state index in [1.807, 2.05) is 18.2 Å². The van der Waals surface area contributed by atoms with Crippen LogP contribution in [-0.4, -0.2) is 39.1 Å². The molecule has 0 aliphatic heterocycles. The zero-order valence-corrected chi connectivity index (χ0v) is 15.5. The van der Waals surface area contributed by atoms with Crippen LogP contribution in [0.1, 0.15) is 32.3 Å². The third-order valence-corrected chi connectivity index (χ3v) is 3.54. The van der Waals surface area contributed by atoms with E-state index in [0.29, 0.717) is 42.6 Å². The number of carbonyl (C=O) groups excluding carboxylic acids is 1. The van der Waals surface area contributed by atoms with Crippen LogP contribution < -0.4 is 20.5 Å². The number of hydrogen-bond acceptors (Lipinski definition) is 5. The third-order valence-electron chi connectivity index (χ3n) is 3.54. The van der Waals surface area contributed by atoms with E-state index in [1.54, 1.807) is 14.2 Å². The number of ether oxygens (including phenoxy) is 2. The van der Waals surface area contributed by atoms with Crippen molar-refractivity contribution in [2.45, 2.75) is 33.1 Å². The van der Waals surface area contributed by atoms with Gasteiger partial charge in [-0.05, 0) is 36.5 Å². The number of methoxy groups -OCH3 is 2. The van der Waals surface area contributed by atoms with Crippen LogP contribution in [0.2, 0.25) is 0 Å². The molecule has 0 bridgehead atoms. The van der Waals surface area contributed by atoms with Crippen molar-refractivity contribution in [1.82, 2.24) is 5.32 Å². The van der Waals surface area contributed by atoms with Crippen molar-refractivity contribution in [3.8, 4) is 11.5 Å². The summed E-state index contributed by atoms with van der Waals surface area (Å²) in [5.41, 5.74) is 6.74. The minimum atomic E-state index is -0.235. The Hall–Kier alpha value is -2.44. The summed E-state index contributed by atoms with van der Waals surface area (Å²) in [7, 11) is 3.18. The number of amidine groups is 1. The molecule has 1 aromatic rings. The highest BCUT2D eigenvalue weighted by Gasteiger charge is 2.06. The lowest BCUT2D eigenvalue weighted by Crippen LogP contribution is -2.29. The zero-order chi connectivity index (χ0) is 18.7. The molecular formula is C18H29N3O4. The Balaban J connectivity index is 2.29. The van der Waals surface area contributed by atoms with E-state index in [1.165, 1.54) is 0 Å². The highest BCUT2D eigenvalue weighted by molar-refractivity contribution is 5.80. The number of carbonyl (C=O) groups is 1. The Labute approximate surface area is 149 Å². The molecule has 7 nitrogen and oxygen atoms in total. The van der Waals surface area contributed by atoms with Crippen LogP contribution in [0.15, 0.2) is 23.4 Å². The van der Waals surface area contributed by atoms with Gasteiger partial charge in [-0.25, -0.2) is 0 Å². The Morgan fingerprint density at radius 2 is 1.96 bits per heavy atom. The van der Waals surface area contributed by atoms with Gasteiger partial charge in [0.05, 0.1) is 14.2 Å². The molecular weight excluding hydrogens is 322 g/mol. The van der Waals surface area contributed by atoms with Crippen LogP contribution in [-0.2, 0) is 16.1 Å². The Morgan fingerprint density at radius 3 is 2.60 bits per heavy atom. The molecule has 0 saturated heterocycles. The highest BCUT2D eigenvalue weighted by atomic mass is 16.6. The van der Waals surface area contributed by atoms with Crippen LogP contribution in [0.4, 0.5) is 0 Å². The average Bonchev–Trinajstić information content (AvgIpc) is 2.59. The van der Waals surface area contributed by atoms with Gasteiger partial charge >= 0.3 is 0 Å². The maximum Gasteiger partial charge on any atom is 0.260 e. The first-order valence-electron chi connectivity index (χ1n) is 8.38. The summed E-state index contributed by atoms with van der Waals surface area (Å²) in [6.07, 6.45) is 2.28. The minimum absolute atomic E-state index is 0.145. The molecule has 25 heavy (non-hydrogen) atoms. The molecule has 0 unspecified atom stereocenters. The quantitative estimate of drug-likeness (QED) is 0.362. The maximum absolute atomic E-state index is 11.7. The van der Waals surface area contributed by atoms with Crippen molar-refractivity contribution >= 4 is 11.7 Å². The summed E-state index contributed by atoms with van der Waals surface area (Å²) in [6.45, 7) is 4.57. The number of nitrogens with one attached hydrogen (secondary N) is 1. The van der Waals surface area contributed by atoms with E-state index in [9.17, 15) is 4.79 Å². The van der Waals surface area contributed by atoms with Crippen molar-refractivity contribution in [3.63, 3.8) is 0 Å². The van der Waals surface area contributed by atoms with Gasteiger partial charge in [0, 0.05) is 13.0 Å². The molecule has 140 valence electrons. The zero-order valence-electron chi connectivity index (χ0n) is 15.5. The molecule has 0 radical (unpaired) electrons. The number of oxime groups is 1. The van der Waals surface area contributed by atoms with Crippen molar-refractivity contribution in [2.24, 2.45) is 16.8 Å². The SMILES string of the molecule is COc1ccc(CCNC(=O)CO/N=C(\N)CCC(C)C)cc1OC. The third kappa shape index (κ3) is 8.28. The van der Waals surface area contributed by atoms with Crippen LogP contribution in [0, 0.1) is 5.92 Å². The number of hydrogen-bond donors (Lipinski definition) is 2. The fourth-order valence-corrected chi connectivity index (χ4v) is 2.09. The lowest BCUT2D eigenvalue weighted by molar-refractivity contribution is -0.125. The van der Waals surface area contributed by atoms with Crippen LogP contribution in [0.5, 0.6) is 11.5 Å². The van der Waals surface area contributed by atoms with E-state index in [0.717, 1.165) is 12.0 Å². The van der Waals surface area contributed by atoms with Gasteiger partial charge in [0.2, 0.25) is 0 Å². The molecule has 3 N–H and O–H groups in total. The fourth-order valence-electron chi connectivity index (χ4n) is 2.09. The van der Waals surface area contributed by atoms with Gasteiger partial charge in [-0.3, -0.25) is 4.79 Å². The molecule has 1 amide bonds. The van der Waals surface area contributed by atoms with Crippen LogP contribution >= 0.6 is 0 Å². The molecule has 1 rings (SSSR count).